The second-order valence-corrected chi connectivity index (χ2v) is 8.29. The lowest BCUT2D eigenvalue weighted by atomic mass is 9.75. The molecule has 0 radical (unpaired) electrons. The highest BCUT2D eigenvalue weighted by Gasteiger charge is 2.27. The van der Waals surface area contributed by atoms with Gasteiger partial charge in [0, 0.05) is 16.0 Å². The van der Waals surface area contributed by atoms with Gasteiger partial charge in [-0.3, -0.25) is 0 Å². The molecule has 0 bridgehead atoms. The standard InChI is InChI=1S/C23H22O2S/c1-4-26-21-13-14-23(2,3)20-12-9-17(15-19(20)21)6-5-16-7-10-18(11-8-16)22(24)25/h7-13,15H,4,14H2,1-3H3,(H,24,25). The molecule has 0 aromatic heterocycles. The Morgan fingerprint density at radius 2 is 1.77 bits per heavy atom. The molecule has 0 heterocycles. The van der Waals surface area contributed by atoms with E-state index in [0.717, 1.165) is 23.3 Å². The van der Waals surface area contributed by atoms with Gasteiger partial charge in [0.25, 0.3) is 0 Å². The van der Waals surface area contributed by atoms with Crippen LogP contribution in [0.15, 0.2) is 48.5 Å². The van der Waals surface area contributed by atoms with E-state index in [1.807, 2.05) is 11.8 Å². The van der Waals surface area contributed by atoms with Crippen molar-refractivity contribution in [2.45, 2.75) is 32.6 Å². The maximum atomic E-state index is 10.9. The number of hydrogen-bond acceptors (Lipinski definition) is 2. The van der Waals surface area contributed by atoms with Crippen molar-refractivity contribution < 1.29 is 9.90 Å². The van der Waals surface area contributed by atoms with Gasteiger partial charge in [0.2, 0.25) is 0 Å². The van der Waals surface area contributed by atoms with Crippen LogP contribution in [0.2, 0.25) is 0 Å². The Balaban J connectivity index is 1.93. The van der Waals surface area contributed by atoms with Crippen molar-refractivity contribution in [3.8, 4) is 11.8 Å². The lowest BCUT2D eigenvalue weighted by molar-refractivity contribution is 0.0697. The third kappa shape index (κ3) is 3.86. The third-order valence-corrected chi connectivity index (χ3v) is 5.58. The Labute approximate surface area is 159 Å². The summed E-state index contributed by atoms with van der Waals surface area (Å²) in [5, 5.41) is 8.96. The molecule has 3 rings (SSSR count). The molecule has 0 saturated heterocycles. The molecule has 2 aromatic carbocycles. The van der Waals surface area contributed by atoms with Crippen molar-refractivity contribution in [1.29, 1.82) is 0 Å². The number of rotatable bonds is 3. The molecular weight excluding hydrogens is 340 g/mol. The van der Waals surface area contributed by atoms with Crippen molar-refractivity contribution >= 4 is 22.6 Å². The van der Waals surface area contributed by atoms with Gasteiger partial charge in [-0.2, -0.15) is 0 Å². The number of benzene rings is 2. The first-order chi connectivity index (χ1) is 12.4. The minimum Gasteiger partial charge on any atom is -0.478 e. The normalized spacial score (nSPS) is 14.7. The summed E-state index contributed by atoms with van der Waals surface area (Å²) in [5.41, 5.74) is 4.88. The monoisotopic (exact) mass is 362 g/mol. The molecule has 0 atom stereocenters. The number of hydrogen-bond donors (Lipinski definition) is 1. The van der Waals surface area contributed by atoms with Gasteiger partial charge in [-0.25, -0.2) is 4.79 Å². The molecule has 0 aliphatic heterocycles. The highest BCUT2D eigenvalue weighted by atomic mass is 32.2. The van der Waals surface area contributed by atoms with E-state index in [1.165, 1.54) is 16.0 Å². The van der Waals surface area contributed by atoms with Gasteiger partial charge < -0.3 is 5.11 Å². The van der Waals surface area contributed by atoms with Crippen LogP contribution in [0.3, 0.4) is 0 Å². The molecule has 3 heteroatoms. The smallest absolute Gasteiger partial charge is 0.335 e. The van der Waals surface area contributed by atoms with E-state index in [9.17, 15) is 4.79 Å². The summed E-state index contributed by atoms with van der Waals surface area (Å²) in [6, 6.07) is 13.1. The molecule has 0 amide bonds. The topological polar surface area (TPSA) is 37.3 Å². The fourth-order valence-electron chi connectivity index (χ4n) is 3.12. The van der Waals surface area contributed by atoms with Crippen LogP contribution < -0.4 is 0 Å². The summed E-state index contributed by atoms with van der Waals surface area (Å²) in [6.45, 7) is 6.74. The number of thioether (sulfide) groups is 1. The first-order valence-corrected chi connectivity index (χ1v) is 9.72. The molecule has 1 aliphatic rings. The number of carboxylic acid groups (broad SMARTS) is 1. The summed E-state index contributed by atoms with van der Waals surface area (Å²) < 4.78 is 0. The molecular formula is C23H22O2S. The zero-order chi connectivity index (χ0) is 18.7. The minimum atomic E-state index is -0.922. The first-order valence-electron chi connectivity index (χ1n) is 8.74. The summed E-state index contributed by atoms with van der Waals surface area (Å²) in [4.78, 5) is 12.3. The van der Waals surface area contributed by atoms with Crippen molar-refractivity contribution in [2.24, 2.45) is 0 Å². The number of aromatic carboxylic acids is 1. The van der Waals surface area contributed by atoms with Gasteiger partial charge in [-0.15, -0.1) is 11.8 Å². The molecule has 132 valence electrons. The molecule has 0 spiro atoms. The quantitative estimate of drug-likeness (QED) is 0.726. The van der Waals surface area contributed by atoms with E-state index >= 15 is 0 Å². The average molecular weight is 362 g/mol. The zero-order valence-electron chi connectivity index (χ0n) is 15.3. The Kier molecular flexibility index (Phi) is 5.25. The number of carbonyl (C=O) groups is 1. The van der Waals surface area contributed by atoms with Crippen molar-refractivity contribution in [2.75, 3.05) is 5.75 Å². The van der Waals surface area contributed by atoms with Crippen LogP contribution in [0.4, 0.5) is 0 Å². The number of allylic oxidation sites excluding steroid dienone is 1. The Morgan fingerprint density at radius 1 is 1.12 bits per heavy atom. The predicted molar refractivity (Wildman–Crippen MR) is 110 cm³/mol. The van der Waals surface area contributed by atoms with Crippen LogP contribution in [0, 0.1) is 11.8 Å². The van der Waals surface area contributed by atoms with E-state index in [0.29, 0.717) is 0 Å². The largest absolute Gasteiger partial charge is 0.478 e. The van der Waals surface area contributed by atoms with Gasteiger partial charge in [-0.1, -0.05) is 44.8 Å². The number of carboxylic acids is 1. The molecule has 1 N–H and O–H groups in total. The van der Waals surface area contributed by atoms with Crippen LogP contribution in [-0.4, -0.2) is 16.8 Å². The second-order valence-electron chi connectivity index (χ2n) is 6.98. The third-order valence-electron chi connectivity index (χ3n) is 4.59. The van der Waals surface area contributed by atoms with Gasteiger partial charge >= 0.3 is 5.97 Å². The van der Waals surface area contributed by atoms with Crippen molar-refractivity contribution in [3.63, 3.8) is 0 Å². The summed E-state index contributed by atoms with van der Waals surface area (Å²) in [5.74, 6) is 6.48. The molecule has 0 unspecified atom stereocenters. The minimum absolute atomic E-state index is 0.145. The average Bonchev–Trinajstić information content (AvgIpc) is 2.63. The van der Waals surface area contributed by atoms with E-state index in [-0.39, 0.29) is 11.0 Å². The Morgan fingerprint density at radius 3 is 2.42 bits per heavy atom. The molecule has 0 fully saturated rings. The van der Waals surface area contributed by atoms with Crippen LogP contribution in [0.25, 0.3) is 4.91 Å². The van der Waals surface area contributed by atoms with Gasteiger partial charge in [0.1, 0.15) is 0 Å². The molecule has 26 heavy (non-hydrogen) atoms. The SMILES string of the molecule is CCSC1=CCC(C)(C)c2ccc(C#Cc3ccc(C(=O)O)cc3)cc21. The number of fused-ring (bicyclic) bond motifs is 1. The second kappa shape index (κ2) is 7.43. The fraction of sp³-hybridized carbons (Fsp3) is 0.261. The predicted octanol–water partition coefficient (Wildman–Crippen LogP) is 5.56. The van der Waals surface area contributed by atoms with E-state index in [1.54, 1.807) is 24.3 Å². The molecule has 2 aromatic rings. The summed E-state index contributed by atoms with van der Waals surface area (Å²) in [6.07, 6.45) is 3.40. The summed E-state index contributed by atoms with van der Waals surface area (Å²) >= 11 is 1.88. The fourth-order valence-corrected chi connectivity index (χ4v) is 3.95. The molecule has 0 saturated carbocycles. The van der Waals surface area contributed by atoms with E-state index in [4.69, 9.17) is 5.11 Å². The maximum Gasteiger partial charge on any atom is 0.335 e. The lowest BCUT2D eigenvalue weighted by Gasteiger charge is -2.32. The van der Waals surface area contributed by atoms with E-state index < -0.39 is 5.97 Å². The lowest BCUT2D eigenvalue weighted by Crippen LogP contribution is -2.21. The van der Waals surface area contributed by atoms with Gasteiger partial charge in [0.05, 0.1) is 5.56 Å². The first kappa shape index (κ1) is 18.4. The van der Waals surface area contributed by atoms with Crippen LogP contribution in [0.1, 0.15) is 59.8 Å². The highest BCUT2D eigenvalue weighted by Crippen LogP contribution is 2.43. The molecule has 2 nitrogen and oxygen atoms in total. The van der Waals surface area contributed by atoms with E-state index in [2.05, 4.69) is 56.9 Å². The zero-order valence-corrected chi connectivity index (χ0v) is 16.1. The summed E-state index contributed by atoms with van der Waals surface area (Å²) in [7, 11) is 0. The van der Waals surface area contributed by atoms with Crippen molar-refractivity contribution in [1.82, 2.24) is 0 Å². The van der Waals surface area contributed by atoms with Crippen LogP contribution in [0.5, 0.6) is 0 Å². The van der Waals surface area contributed by atoms with Crippen LogP contribution in [-0.2, 0) is 5.41 Å². The van der Waals surface area contributed by atoms with Crippen LogP contribution >= 0.6 is 11.8 Å². The Hall–Kier alpha value is -2.44. The Bertz CT molecular complexity index is 925. The van der Waals surface area contributed by atoms with Gasteiger partial charge in [-0.05, 0) is 65.1 Å². The molecule has 1 aliphatic carbocycles. The highest BCUT2D eigenvalue weighted by molar-refractivity contribution is 8.08. The van der Waals surface area contributed by atoms with Crippen molar-refractivity contribution in [3.05, 3.63) is 76.4 Å². The maximum absolute atomic E-state index is 10.9. The van der Waals surface area contributed by atoms with Gasteiger partial charge in [0.15, 0.2) is 0 Å².